The van der Waals surface area contributed by atoms with E-state index < -0.39 is 0 Å². The van der Waals surface area contributed by atoms with Crippen LogP contribution in [0.15, 0.2) is 29.3 Å². The Labute approximate surface area is 119 Å². The van der Waals surface area contributed by atoms with E-state index >= 15 is 0 Å². The van der Waals surface area contributed by atoms with E-state index in [4.69, 9.17) is 10.5 Å². The molecule has 106 valence electrons. The number of nitrogens with zero attached hydrogens (tertiary/aromatic N) is 1. The Bertz CT molecular complexity index is 550. The molecular weight excluding hydrogens is 250 g/mol. The molecule has 4 nitrogen and oxygen atoms in total. The number of hydrogen-bond acceptors (Lipinski definition) is 2. The Morgan fingerprint density at radius 1 is 1.40 bits per heavy atom. The van der Waals surface area contributed by atoms with Crippen molar-refractivity contribution in [2.24, 2.45) is 22.1 Å². The van der Waals surface area contributed by atoms with Crippen LogP contribution in [0, 0.1) is 11.3 Å². The minimum atomic E-state index is 0.220. The number of hydrogen-bond donors (Lipinski definition) is 2. The van der Waals surface area contributed by atoms with Gasteiger partial charge < -0.3 is 15.8 Å². The maximum absolute atomic E-state index is 6.04. The van der Waals surface area contributed by atoms with Gasteiger partial charge in [0, 0.05) is 18.5 Å². The van der Waals surface area contributed by atoms with Crippen LogP contribution in [-0.4, -0.2) is 19.1 Å². The van der Waals surface area contributed by atoms with Crippen LogP contribution in [0.1, 0.15) is 37.3 Å². The molecule has 2 unspecified atom stereocenters. The van der Waals surface area contributed by atoms with E-state index in [0.717, 1.165) is 31.2 Å². The van der Waals surface area contributed by atoms with Gasteiger partial charge in [0.05, 0.1) is 12.6 Å². The predicted octanol–water partition coefficient (Wildman–Crippen LogP) is 2.21. The number of rotatable bonds is 3. The maximum Gasteiger partial charge on any atom is 0.189 e. The van der Waals surface area contributed by atoms with Crippen LogP contribution in [0.4, 0.5) is 0 Å². The van der Waals surface area contributed by atoms with Crippen molar-refractivity contribution in [3.63, 3.8) is 0 Å². The SMILES string of the molecule is NC(=NCC1CC12CC2)NC1CCOc2ccccc21. The van der Waals surface area contributed by atoms with Crippen LogP contribution in [0.2, 0.25) is 0 Å². The number of aliphatic imine (C=N–C) groups is 1. The second-order valence-corrected chi connectivity index (χ2v) is 6.36. The van der Waals surface area contributed by atoms with Gasteiger partial charge in [-0.25, -0.2) is 0 Å². The summed E-state index contributed by atoms with van der Waals surface area (Å²) >= 11 is 0. The van der Waals surface area contributed by atoms with E-state index in [2.05, 4.69) is 16.4 Å². The first-order chi connectivity index (χ1) is 9.77. The molecule has 1 spiro atoms. The van der Waals surface area contributed by atoms with Crippen molar-refractivity contribution in [1.82, 2.24) is 5.32 Å². The topological polar surface area (TPSA) is 59.6 Å². The maximum atomic E-state index is 6.04. The average Bonchev–Trinajstić information content (AvgIpc) is 3.38. The standard InChI is InChI=1S/C16H21N3O/c17-15(18-10-11-9-16(11)6-7-16)19-13-5-8-20-14-4-2-1-3-12(13)14/h1-4,11,13H,5-10H2,(H3,17,18,19). The molecule has 1 heterocycles. The summed E-state index contributed by atoms with van der Waals surface area (Å²) in [4.78, 5) is 4.53. The Morgan fingerprint density at radius 2 is 2.25 bits per heavy atom. The molecule has 2 saturated carbocycles. The molecule has 3 aliphatic rings. The molecule has 1 aromatic carbocycles. The lowest BCUT2D eigenvalue weighted by molar-refractivity contribution is 0.262. The molecule has 20 heavy (non-hydrogen) atoms. The van der Waals surface area contributed by atoms with Gasteiger partial charge in [-0.3, -0.25) is 4.99 Å². The zero-order chi connectivity index (χ0) is 13.6. The summed E-state index contributed by atoms with van der Waals surface area (Å²) in [7, 11) is 0. The van der Waals surface area contributed by atoms with Crippen molar-refractivity contribution < 1.29 is 4.74 Å². The molecule has 4 heteroatoms. The number of benzene rings is 1. The summed E-state index contributed by atoms with van der Waals surface area (Å²) in [5.41, 5.74) is 7.93. The minimum absolute atomic E-state index is 0.220. The Kier molecular flexibility index (Phi) is 2.65. The lowest BCUT2D eigenvalue weighted by Crippen LogP contribution is -2.37. The van der Waals surface area contributed by atoms with Crippen molar-refractivity contribution >= 4 is 5.96 Å². The Hall–Kier alpha value is -1.71. The monoisotopic (exact) mass is 271 g/mol. The normalized spacial score (nSPS) is 29.5. The third kappa shape index (κ3) is 2.13. The summed E-state index contributed by atoms with van der Waals surface area (Å²) < 4.78 is 5.66. The Morgan fingerprint density at radius 3 is 3.05 bits per heavy atom. The lowest BCUT2D eigenvalue weighted by atomic mass is 10.0. The molecule has 0 saturated heterocycles. The van der Waals surface area contributed by atoms with Gasteiger partial charge in [-0.15, -0.1) is 0 Å². The van der Waals surface area contributed by atoms with E-state index in [1.54, 1.807) is 0 Å². The van der Waals surface area contributed by atoms with Gasteiger partial charge in [-0.1, -0.05) is 18.2 Å². The van der Waals surface area contributed by atoms with Crippen molar-refractivity contribution in [3.8, 4) is 5.75 Å². The summed E-state index contributed by atoms with van der Waals surface area (Å²) in [5.74, 6) is 2.34. The van der Waals surface area contributed by atoms with E-state index in [1.807, 2.05) is 18.2 Å². The fourth-order valence-electron chi connectivity index (χ4n) is 3.39. The first kappa shape index (κ1) is 12.1. The molecule has 0 bridgehead atoms. The van der Waals surface area contributed by atoms with Crippen LogP contribution >= 0.6 is 0 Å². The molecule has 1 aromatic rings. The van der Waals surface area contributed by atoms with Gasteiger partial charge in [0.1, 0.15) is 5.75 Å². The van der Waals surface area contributed by atoms with E-state index in [1.165, 1.54) is 24.8 Å². The second kappa shape index (κ2) is 4.40. The third-order valence-corrected chi connectivity index (χ3v) is 5.01. The smallest absolute Gasteiger partial charge is 0.189 e. The summed E-state index contributed by atoms with van der Waals surface area (Å²) in [5, 5.41) is 3.35. The number of nitrogens with one attached hydrogen (secondary N) is 1. The molecule has 0 radical (unpaired) electrons. The van der Waals surface area contributed by atoms with Crippen LogP contribution in [0.5, 0.6) is 5.75 Å². The number of guanidine groups is 1. The highest BCUT2D eigenvalue weighted by Crippen LogP contribution is 2.70. The fourth-order valence-corrected chi connectivity index (χ4v) is 3.39. The molecule has 0 aromatic heterocycles. The van der Waals surface area contributed by atoms with Gasteiger partial charge in [0.15, 0.2) is 5.96 Å². The number of fused-ring (bicyclic) bond motifs is 1. The highest BCUT2D eigenvalue weighted by molar-refractivity contribution is 5.78. The van der Waals surface area contributed by atoms with Gasteiger partial charge >= 0.3 is 0 Å². The molecular formula is C16H21N3O. The number of nitrogens with two attached hydrogens (primary N) is 1. The van der Waals surface area contributed by atoms with Crippen LogP contribution in [0.25, 0.3) is 0 Å². The van der Waals surface area contributed by atoms with Crippen LogP contribution < -0.4 is 15.8 Å². The van der Waals surface area contributed by atoms with Crippen LogP contribution in [-0.2, 0) is 0 Å². The highest BCUT2D eigenvalue weighted by Gasteiger charge is 2.62. The average molecular weight is 271 g/mol. The molecule has 4 rings (SSSR count). The summed E-state index contributed by atoms with van der Waals surface area (Å²) in [6, 6.07) is 8.37. The third-order valence-electron chi connectivity index (χ3n) is 5.01. The Balaban J connectivity index is 1.40. The van der Waals surface area contributed by atoms with E-state index in [0.29, 0.717) is 11.4 Å². The molecule has 2 fully saturated rings. The minimum Gasteiger partial charge on any atom is -0.493 e. The fraction of sp³-hybridized carbons (Fsp3) is 0.562. The van der Waals surface area contributed by atoms with Gasteiger partial charge in [0.25, 0.3) is 0 Å². The van der Waals surface area contributed by atoms with Gasteiger partial charge in [-0.05, 0) is 36.7 Å². The van der Waals surface area contributed by atoms with Crippen molar-refractivity contribution in [3.05, 3.63) is 29.8 Å². The van der Waals surface area contributed by atoms with E-state index in [-0.39, 0.29) is 6.04 Å². The summed E-state index contributed by atoms with van der Waals surface area (Å²) in [6.07, 6.45) is 5.12. The zero-order valence-electron chi connectivity index (χ0n) is 11.6. The summed E-state index contributed by atoms with van der Waals surface area (Å²) in [6.45, 7) is 1.62. The van der Waals surface area contributed by atoms with Crippen LogP contribution in [0.3, 0.4) is 0 Å². The van der Waals surface area contributed by atoms with Crippen molar-refractivity contribution in [1.29, 1.82) is 0 Å². The number of ether oxygens (including phenoxy) is 1. The lowest BCUT2D eigenvalue weighted by Gasteiger charge is -2.26. The van der Waals surface area contributed by atoms with Gasteiger partial charge in [-0.2, -0.15) is 0 Å². The first-order valence-electron chi connectivity index (χ1n) is 7.55. The molecule has 2 atom stereocenters. The first-order valence-corrected chi connectivity index (χ1v) is 7.55. The molecule has 1 aliphatic heterocycles. The zero-order valence-corrected chi connectivity index (χ0v) is 11.6. The largest absolute Gasteiger partial charge is 0.493 e. The number of para-hydroxylation sites is 1. The van der Waals surface area contributed by atoms with Crippen molar-refractivity contribution in [2.75, 3.05) is 13.2 Å². The van der Waals surface area contributed by atoms with Gasteiger partial charge in [0.2, 0.25) is 0 Å². The predicted molar refractivity (Wildman–Crippen MR) is 78.7 cm³/mol. The second-order valence-electron chi connectivity index (χ2n) is 6.36. The van der Waals surface area contributed by atoms with Crippen molar-refractivity contribution in [2.45, 2.75) is 31.7 Å². The molecule has 3 N–H and O–H groups in total. The molecule has 2 aliphatic carbocycles. The molecule has 0 amide bonds. The quantitative estimate of drug-likeness (QED) is 0.654. The highest BCUT2D eigenvalue weighted by atomic mass is 16.5. The van der Waals surface area contributed by atoms with E-state index in [9.17, 15) is 0 Å².